The van der Waals surface area contributed by atoms with Crippen LogP contribution in [-0.4, -0.2) is 27.1 Å². The van der Waals surface area contributed by atoms with E-state index in [1.807, 2.05) is 6.92 Å². The molecule has 5 nitrogen and oxygen atoms in total. The molecule has 0 aliphatic heterocycles. The average Bonchev–Trinajstić information content (AvgIpc) is 2.04. The maximum absolute atomic E-state index is 10.4. The van der Waals surface area contributed by atoms with Gasteiger partial charge in [0.2, 0.25) is 0 Å². The van der Waals surface area contributed by atoms with Crippen LogP contribution < -0.4 is 5.73 Å². The molecule has 0 spiro atoms. The largest absolute Gasteiger partial charge is 0.480 e. The molecule has 13 heavy (non-hydrogen) atoms. The summed E-state index contributed by atoms with van der Waals surface area (Å²) < 4.78 is 0. The number of aryl methyl sites for hydroxylation is 1. The Balaban J connectivity index is 2.69. The molecule has 0 radical (unpaired) electrons. The Morgan fingerprint density at radius 3 is 2.92 bits per heavy atom. The van der Waals surface area contributed by atoms with Crippen molar-refractivity contribution in [2.24, 2.45) is 5.73 Å². The number of hydrogen-bond acceptors (Lipinski definition) is 4. The van der Waals surface area contributed by atoms with Gasteiger partial charge < -0.3 is 10.8 Å². The summed E-state index contributed by atoms with van der Waals surface area (Å²) in [6, 6.07) is 0.831. The molecule has 0 aliphatic carbocycles. The average molecular weight is 181 g/mol. The fraction of sp³-hybridized carbons (Fsp3) is 0.375. The Bertz CT molecular complexity index is 314. The van der Waals surface area contributed by atoms with Crippen molar-refractivity contribution in [3.8, 4) is 0 Å². The number of hydrogen-bond donors (Lipinski definition) is 2. The highest BCUT2D eigenvalue weighted by Gasteiger charge is 2.12. The molecule has 0 bridgehead atoms. The second-order valence-corrected chi connectivity index (χ2v) is 2.80. The summed E-state index contributed by atoms with van der Waals surface area (Å²) in [5.74, 6) is -1.02. The minimum Gasteiger partial charge on any atom is -0.480 e. The maximum atomic E-state index is 10.4. The number of nitrogens with zero attached hydrogens (tertiary/aromatic N) is 2. The lowest BCUT2D eigenvalue weighted by Gasteiger charge is -2.04. The van der Waals surface area contributed by atoms with Gasteiger partial charge in [-0.05, 0) is 13.0 Å². The summed E-state index contributed by atoms with van der Waals surface area (Å²) >= 11 is 0. The van der Waals surface area contributed by atoms with Crippen molar-refractivity contribution in [3.63, 3.8) is 0 Å². The monoisotopic (exact) mass is 181 g/mol. The van der Waals surface area contributed by atoms with Crippen LogP contribution in [0.25, 0.3) is 0 Å². The molecular weight excluding hydrogens is 170 g/mol. The summed E-state index contributed by atoms with van der Waals surface area (Å²) in [5.41, 5.74) is 6.80. The zero-order valence-electron chi connectivity index (χ0n) is 7.27. The molecule has 0 unspecified atom stereocenters. The van der Waals surface area contributed by atoms with E-state index in [1.165, 1.54) is 6.33 Å². The van der Waals surface area contributed by atoms with Crippen molar-refractivity contribution in [2.75, 3.05) is 0 Å². The molecule has 1 rings (SSSR count). The fourth-order valence-corrected chi connectivity index (χ4v) is 0.934. The summed E-state index contributed by atoms with van der Waals surface area (Å²) in [7, 11) is 0. The third-order valence-corrected chi connectivity index (χ3v) is 1.61. The SMILES string of the molecule is Cc1cc(C[C@@H](N)C(=O)O)ncn1. The quantitative estimate of drug-likeness (QED) is 0.670. The van der Waals surface area contributed by atoms with Crippen LogP contribution in [0.3, 0.4) is 0 Å². The minimum atomic E-state index is -1.02. The third-order valence-electron chi connectivity index (χ3n) is 1.61. The Kier molecular flexibility index (Phi) is 2.92. The van der Waals surface area contributed by atoms with Gasteiger partial charge in [0.25, 0.3) is 0 Å². The fourth-order valence-electron chi connectivity index (χ4n) is 0.934. The summed E-state index contributed by atoms with van der Waals surface area (Å²) in [4.78, 5) is 18.2. The molecule has 3 N–H and O–H groups in total. The lowest BCUT2D eigenvalue weighted by molar-refractivity contribution is -0.138. The van der Waals surface area contributed by atoms with Crippen LogP contribution in [0, 0.1) is 6.92 Å². The van der Waals surface area contributed by atoms with E-state index in [1.54, 1.807) is 6.07 Å². The molecule has 0 saturated carbocycles. The molecule has 0 fully saturated rings. The van der Waals surface area contributed by atoms with Crippen LogP contribution in [-0.2, 0) is 11.2 Å². The predicted molar refractivity (Wildman–Crippen MR) is 46.1 cm³/mol. The normalized spacial score (nSPS) is 12.5. The van der Waals surface area contributed by atoms with Gasteiger partial charge in [-0.2, -0.15) is 0 Å². The molecule has 1 aromatic rings. The van der Waals surface area contributed by atoms with Crippen molar-refractivity contribution >= 4 is 5.97 Å². The second-order valence-electron chi connectivity index (χ2n) is 2.80. The molecule has 70 valence electrons. The topological polar surface area (TPSA) is 89.1 Å². The molecule has 0 aromatic carbocycles. The molecule has 5 heteroatoms. The van der Waals surface area contributed by atoms with Crippen LogP contribution in [0.2, 0.25) is 0 Å². The molecule has 0 saturated heterocycles. The Hall–Kier alpha value is -1.49. The zero-order chi connectivity index (χ0) is 9.84. The van der Waals surface area contributed by atoms with Crippen LogP contribution in [0.4, 0.5) is 0 Å². The number of carboxylic acid groups (broad SMARTS) is 1. The smallest absolute Gasteiger partial charge is 0.320 e. The summed E-state index contributed by atoms with van der Waals surface area (Å²) in [6.45, 7) is 1.82. The van der Waals surface area contributed by atoms with Gasteiger partial charge >= 0.3 is 5.97 Å². The lowest BCUT2D eigenvalue weighted by atomic mass is 10.1. The van der Waals surface area contributed by atoms with E-state index in [0.29, 0.717) is 5.69 Å². The first-order valence-electron chi connectivity index (χ1n) is 3.85. The van der Waals surface area contributed by atoms with Crippen LogP contribution >= 0.6 is 0 Å². The molecule has 0 aliphatic rings. The van der Waals surface area contributed by atoms with Crippen LogP contribution in [0.1, 0.15) is 11.4 Å². The predicted octanol–water partition coefficient (Wildman–Crippen LogP) is -0.261. The van der Waals surface area contributed by atoms with Gasteiger partial charge in [-0.25, -0.2) is 9.97 Å². The highest BCUT2D eigenvalue weighted by atomic mass is 16.4. The van der Waals surface area contributed by atoms with Gasteiger partial charge in [0.15, 0.2) is 0 Å². The van der Waals surface area contributed by atoms with E-state index >= 15 is 0 Å². The summed E-state index contributed by atoms with van der Waals surface area (Å²) in [5, 5.41) is 8.54. The first kappa shape index (κ1) is 9.60. The summed E-state index contributed by atoms with van der Waals surface area (Å²) in [6.07, 6.45) is 1.64. The van der Waals surface area contributed by atoms with E-state index in [-0.39, 0.29) is 6.42 Å². The van der Waals surface area contributed by atoms with Crippen molar-refractivity contribution in [3.05, 3.63) is 23.8 Å². The first-order chi connectivity index (χ1) is 6.09. The minimum absolute atomic E-state index is 0.235. The van der Waals surface area contributed by atoms with E-state index in [2.05, 4.69) is 9.97 Å². The number of aliphatic carboxylic acids is 1. The molecule has 0 amide bonds. The van der Waals surface area contributed by atoms with E-state index in [4.69, 9.17) is 10.8 Å². The van der Waals surface area contributed by atoms with Gasteiger partial charge in [0.1, 0.15) is 12.4 Å². The lowest BCUT2D eigenvalue weighted by Crippen LogP contribution is -2.32. The van der Waals surface area contributed by atoms with Crippen LogP contribution in [0.15, 0.2) is 12.4 Å². The number of aromatic nitrogens is 2. The van der Waals surface area contributed by atoms with E-state index < -0.39 is 12.0 Å². The van der Waals surface area contributed by atoms with Crippen molar-refractivity contribution in [1.82, 2.24) is 9.97 Å². The number of carboxylic acids is 1. The first-order valence-corrected chi connectivity index (χ1v) is 3.85. The van der Waals surface area contributed by atoms with E-state index in [9.17, 15) is 4.79 Å². The molecule has 1 heterocycles. The highest BCUT2D eigenvalue weighted by Crippen LogP contribution is 1.99. The molecule has 1 aromatic heterocycles. The van der Waals surface area contributed by atoms with Crippen molar-refractivity contribution in [1.29, 1.82) is 0 Å². The van der Waals surface area contributed by atoms with Gasteiger partial charge in [-0.3, -0.25) is 4.79 Å². The van der Waals surface area contributed by atoms with Gasteiger partial charge in [-0.1, -0.05) is 0 Å². The molecular formula is C8H11N3O2. The molecule has 1 atom stereocenters. The highest BCUT2D eigenvalue weighted by molar-refractivity contribution is 5.73. The Morgan fingerprint density at radius 1 is 1.69 bits per heavy atom. The Labute approximate surface area is 75.6 Å². The van der Waals surface area contributed by atoms with Gasteiger partial charge in [0.05, 0.1) is 0 Å². The van der Waals surface area contributed by atoms with Crippen molar-refractivity contribution in [2.45, 2.75) is 19.4 Å². The van der Waals surface area contributed by atoms with E-state index in [0.717, 1.165) is 5.69 Å². The number of nitrogens with two attached hydrogens (primary N) is 1. The number of carbonyl (C=O) groups is 1. The van der Waals surface area contributed by atoms with Crippen molar-refractivity contribution < 1.29 is 9.90 Å². The Morgan fingerprint density at radius 2 is 2.38 bits per heavy atom. The standard InChI is InChI=1S/C8H11N3O2/c1-5-2-6(11-4-10-5)3-7(9)8(12)13/h2,4,7H,3,9H2,1H3,(H,12,13)/t7-/m1/s1. The number of rotatable bonds is 3. The van der Waals surface area contributed by atoms with Gasteiger partial charge in [0, 0.05) is 17.8 Å². The third kappa shape index (κ3) is 2.79. The van der Waals surface area contributed by atoms with Crippen LogP contribution in [0.5, 0.6) is 0 Å². The maximum Gasteiger partial charge on any atom is 0.320 e. The van der Waals surface area contributed by atoms with Gasteiger partial charge in [-0.15, -0.1) is 0 Å². The second kappa shape index (κ2) is 3.95. The zero-order valence-corrected chi connectivity index (χ0v) is 7.27.